The number of carbonyl (C=O) groups excluding carboxylic acids is 2. The number of aromatic nitrogens is 1. The minimum Gasteiger partial charge on any atom is -0.361 e. The Morgan fingerprint density at radius 2 is 2.00 bits per heavy atom. The summed E-state index contributed by atoms with van der Waals surface area (Å²) in [5.74, 6) is 0.0496. The Bertz CT molecular complexity index is 899. The number of carbonyl (C=O) groups is 2. The van der Waals surface area contributed by atoms with Crippen molar-refractivity contribution in [2.24, 2.45) is 0 Å². The van der Waals surface area contributed by atoms with Gasteiger partial charge in [0.2, 0.25) is 0 Å². The summed E-state index contributed by atoms with van der Waals surface area (Å²) in [7, 11) is 3.97. The molecule has 1 aromatic carbocycles. The number of H-pyrrole nitrogens is 1. The Hall–Kier alpha value is -2.40. The molecule has 4 rings (SSSR count). The van der Waals surface area contributed by atoms with Crippen LogP contribution in [0.2, 0.25) is 0 Å². The number of aromatic amines is 1. The molecule has 1 aliphatic carbocycles. The van der Waals surface area contributed by atoms with Gasteiger partial charge in [0.25, 0.3) is 5.91 Å². The summed E-state index contributed by atoms with van der Waals surface area (Å²) in [6, 6.07) is 8.80. The summed E-state index contributed by atoms with van der Waals surface area (Å²) in [5.41, 5.74) is 5.70. The molecule has 0 unspecified atom stereocenters. The summed E-state index contributed by atoms with van der Waals surface area (Å²) in [4.78, 5) is 33.0. The fourth-order valence-electron chi connectivity index (χ4n) is 4.52. The van der Waals surface area contributed by atoms with Crippen molar-refractivity contribution in [1.29, 1.82) is 0 Å². The minimum absolute atomic E-state index is 0.0486. The number of likely N-dealkylation sites (N-methyl/N-ethyl adjacent to an activating group) is 2. The van der Waals surface area contributed by atoms with Crippen molar-refractivity contribution in [3.05, 3.63) is 57.9 Å². The molecule has 5 nitrogen and oxygen atoms in total. The first-order valence-corrected chi connectivity index (χ1v) is 9.72. The zero-order valence-electron chi connectivity index (χ0n) is 16.3. The van der Waals surface area contributed by atoms with E-state index < -0.39 is 0 Å². The lowest BCUT2D eigenvalue weighted by Gasteiger charge is -2.36. The predicted octanol–water partition coefficient (Wildman–Crippen LogP) is 2.97. The van der Waals surface area contributed by atoms with Crippen molar-refractivity contribution in [2.45, 2.75) is 45.2 Å². The number of nitrogens with zero attached hydrogens (tertiary/aromatic N) is 2. The number of hydrogen-bond donors (Lipinski definition) is 1. The first-order chi connectivity index (χ1) is 13.0. The fourth-order valence-corrected chi connectivity index (χ4v) is 4.52. The van der Waals surface area contributed by atoms with Crippen LogP contribution in [0.15, 0.2) is 24.3 Å². The van der Waals surface area contributed by atoms with E-state index in [1.807, 2.05) is 14.0 Å². The largest absolute Gasteiger partial charge is 0.361 e. The van der Waals surface area contributed by atoms with Gasteiger partial charge in [-0.3, -0.25) is 14.5 Å². The van der Waals surface area contributed by atoms with E-state index >= 15 is 0 Å². The third-order valence-electron chi connectivity index (χ3n) is 6.04. The lowest BCUT2D eigenvalue weighted by Crippen LogP contribution is -2.46. The SMILES string of the molecule is Cc1[nH]c2c(c1C(=O)N(C)C[C@@H]1Cc3ccccc3CN1C)C(=O)CCC2. The van der Waals surface area contributed by atoms with E-state index in [1.165, 1.54) is 11.1 Å². The highest BCUT2D eigenvalue weighted by Crippen LogP contribution is 2.28. The summed E-state index contributed by atoms with van der Waals surface area (Å²) in [6.07, 6.45) is 3.19. The van der Waals surface area contributed by atoms with Crippen molar-refractivity contribution in [1.82, 2.24) is 14.8 Å². The van der Waals surface area contributed by atoms with Crippen LogP contribution >= 0.6 is 0 Å². The van der Waals surface area contributed by atoms with Crippen molar-refractivity contribution >= 4 is 11.7 Å². The lowest BCUT2D eigenvalue weighted by molar-refractivity contribution is 0.0728. The molecule has 0 radical (unpaired) electrons. The molecule has 1 aromatic heterocycles. The quantitative estimate of drug-likeness (QED) is 0.910. The van der Waals surface area contributed by atoms with Crippen LogP contribution in [-0.2, 0) is 19.4 Å². The van der Waals surface area contributed by atoms with Gasteiger partial charge in [-0.1, -0.05) is 24.3 Å². The molecule has 1 N–H and O–H groups in total. The van der Waals surface area contributed by atoms with Gasteiger partial charge in [0, 0.05) is 44.0 Å². The molecule has 0 bridgehead atoms. The van der Waals surface area contributed by atoms with Crippen molar-refractivity contribution in [2.75, 3.05) is 20.6 Å². The molecule has 1 amide bonds. The second-order valence-electron chi connectivity index (χ2n) is 7.98. The van der Waals surface area contributed by atoms with Crippen LogP contribution in [0.1, 0.15) is 56.1 Å². The Morgan fingerprint density at radius 1 is 1.26 bits per heavy atom. The number of fused-ring (bicyclic) bond motifs is 2. The van der Waals surface area contributed by atoms with Gasteiger partial charge in [-0.15, -0.1) is 0 Å². The maximum Gasteiger partial charge on any atom is 0.256 e. The van der Waals surface area contributed by atoms with Gasteiger partial charge in [-0.2, -0.15) is 0 Å². The van der Waals surface area contributed by atoms with Crippen LogP contribution in [0.25, 0.3) is 0 Å². The molecule has 5 heteroatoms. The zero-order chi connectivity index (χ0) is 19.1. The highest BCUT2D eigenvalue weighted by atomic mass is 16.2. The van der Waals surface area contributed by atoms with E-state index in [9.17, 15) is 9.59 Å². The predicted molar refractivity (Wildman–Crippen MR) is 105 cm³/mol. The molecular formula is C22H27N3O2. The van der Waals surface area contributed by atoms with Gasteiger partial charge in [0.05, 0.1) is 11.1 Å². The number of rotatable bonds is 3. The summed E-state index contributed by atoms with van der Waals surface area (Å²) in [5, 5.41) is 0. The van der Waals surface area contributed by atoms with Crippen molar-refractivity contribution in [3.63, 3.8) is 0 Å². The van der Waals surface area contributed by atoms with Gasteiger partial charge in [-0.25, -0.2) is 0 Å². The van der Waals surface area contributed by atoms with E-state index in [2.05, 4.69) is 41.2 Å². The van der Waals surface area contributed by atoms with Gasteiger partial charge >= 0.3 is 0 Å². The standard InChI is InChI=1S/C22H27N3O2/c1-14-20(21-18(23-14)9-6-10-19(21)26)22(27)25(3)13-17-11-15-7-4-5-8-16(15)12-24(17)2/h4-5,7-8,17,23H,6,9-13H2,1-3H3/t17-/m0/s1. The van der Waals surface area contributed by atoms with Gasteiger partial charge in [0.1, 0.15) is 0 Å². The highest BCUT2D eigenvalue weighted by molar-refractivity contribution is 6.10. The molecule has 2 aromatic rings. The van der Waals surface area contributed by atoms with Gasteiger partial charge in [-0.05, 0) is 44.4 Å². The number of nitrogens with one attached hydrogen (secondary N) is 1. The van der Waals surface area contributed by atoms with Crippen LogP contribution < -0.4 is 0 Å². The third-order valence-corrected chi connectivity index (χ3v) is 6.04. The van der Waals surface area contributed by atoms with Crippen molar-refractivity contribution < 1.29 is 9.59 Å². The highest BCUT2D eigenvalue weighted by Gasteiger charge is 2.31. The number of benzene rings is 1. The molecule has 142 valence electrons. The third kappa shape index (κ3) is 3.21. The van der Waals surface area contributed by atoms with E-state index in [1.54, 1.807) is 4.90 Å². The summed E-state index contributed by atoms with van der Waals surface area (Å²) >= 11 is 0. The maximum atomic E-state index is 13.2. The van der Waals surface area contributed by atoms with E-state index in [4.69, 9.17) is 0 Å². The van der Waals surface area contributed by atoms with E-state index in [-0.39, 0.29) is 17.7 Å². The molecule has 0 saturated heterocycles. The number of ketones is 1. The van der Waals surface area contributed by atoms with Crippen molar-refractivity contribution in [3.8, 4) is 0 Å². The molecule has 0 fully saturated rings. The first kappa shape index (κ1) is 18.0. The van der Waals surface area contributed by atoms with Crippen LogP contribution in [0.4, 0.5) is 0 Å². The summed E-state index contributed by atoms with van der Waals surface area (Å²) < 4.78 is 0. The fraction of sp³-hybridized carbons (Fsp3) is 0.455. The second-order valence-corrected chi connectivity index (χ2v) is 7.98. The number of amides is 1. The van der Waals surface area contributed by atoms with E-state index in [0.29, 0.717) is 24.1 Å². The molecule has 0 spiro atoms. The van der Waals surface area contributed by atoms with Gasteiger partial charge < -0.3 is 9.88 Å². The minimum atomic E-state index is -0.0486. The monoisotopic (exact) mass is 365 g/mol. The molecule has 2 aliphatic rings. The summed E-state index contributed by atoms with van der Waals surface area (Å²) in [6.45, 7) is 3.45. The maximum absolute atomic E-state index is 13.2. The normalized spacial score (nSPS) is 19.5. The second kappa shape index (κ2) is 6.97. The zero-order valence-corrected chi connectivity index (χ0v) is 16.3. The molecule has 27 heavy (non-hydrogen) atoms. The average Bonchev–Trinajstić information content (AvgIpc) is 2.99. The number of Topliss-reactive ketones (excluding diaryl/α,β-unsaturated/α-hetero) is 1. The lowest BCUT2D eigenvalue weighted by atomic mass is 9.92. The Balaban J connectivity index is 1.54. The average molecular weight is 365 g/mol. The molecule has 1 atom stereocenters. The van der Waals surface area contributed by atoms with Crippen LogP contribution in [0.3, 0.4) is 0 Å². The smallest absolute Gasteiger partial charge is 0.256 e. The van der Waals surface area contributed by atoms with E-state index in [0.717, 1.165) is 37.2 Å². The Labute approximate surface area is 160 Å². The van der Waals surface area contributed by atoms with Crippen LogP contribution in [-0.4, -0.2) is 53.2 Å². The number of aryl methyl sites for hydroxylation is 2. The molecular weight excluding hydrogens is 338 g/mol. The Morgan fingerprint density at radius 3 is 2.78 bits per heavy atom. The van der Waals surface area contributed by atoms with Crippen LogP contribution in [0, 0.1) is 6.92 Å². The molecule has 0 saturated carbocycles. The number of hydrogen-bond acceptors (Lipinski definition) is 3. The molecule has 2 heterocycles. The first-order valence-electron chi connectivity index (χ1n) is 9.72. The molecule has 1 aliphatic heterocycles. The topological polar surface area (TPSA) is 56.4 Å². The Kier molecular flexibility index (Phi) is 4.64. The van der Waals surface area contributed by atoms with Crippen LogP contribution in [0.5, 0.6) is 0 Å². The van der Waals surface area contributed by atoms with Gasteiger partial charge in [0.15, 0.2) is 5.78 Å².